The van der Waals surface area contributed by atoms with Gasteiger partial charge in [0.1, 0.15) is 0 Å². The summed E-state index contributed by atoms with van der Waals surface area (Å²) in [5, 5.41) is 0. The van der Waals surface area contributed by atoms with Gasteiger partial charge in [0.05, 0.1) is 0 Å². The molecule has 0 aromatic heterocycles. The van der Waals surface area contributed by atoms with Gasteiger partial charge in [-0.3, -0.25) is 0 Å². The first kappa shape index (κ1) is 8.10. The second-order valence-electron chi connectivity index (χ2n) is 2.75. The third kappa shape index (κ3) is 2.72. The standard InChI is InChI=1S/C10H15/c1-2-3-7-10-8-5-4-6-9-10/h4-6,8H,2-3,7,9H2,1H3. The Morgan fingerprint density at radius 2 is 2.30 bits per heavy atom. The van der Waals surface area contributed by atoms with Crippen LogP contribution in [0.1, 0.15) is 32.6 Å². The molecule has 1 rings (SSSR count). The van der Waals surface area contributed by atoms with Crippen LogP contribution in [0, 0.1) is 31.6 Å². The van der Waals surface area contributed by atoms with Crippen LogP contribution in [-0.4, -0.2) is 0 Å². The Morgan fingerprint density at radius 3 is 2.90 bits per heavy atom. The van der Waals surface area contributed by atoms with Crippen molar-refractivity contribution >= 4 is 0 Å². The average molecular weight is 135 g/mol. The minimum Gasteiger partial charge on any atom is -0.0654 e. The number of hydrogen-bond donors (Lipinski definition) is 0. The fraction of sp³-hybridized carbons (Fsp3) is 0.500. The summed E-state index contributed by atoms with van der Waals surface area (Å²) >= 11 is 0. The largest absolute Gasteiger partial charge is 0.0654 e. The Bertz CT molecular complexity index is 70.1. The zero-order chi connectivity index (χ0) is 7.23. The lowest BCUT2D eigenvalue weighted by Gasteiger charge is -2.19. The summed E-state index contributed by atoms with van der Waals surface area (Å²) in [4.78, 5) is 0. The average Bonchev–Trinajstić information content (AvgIpc) is 2.03. The lowest BCUT2D eigenvalue weighted by atomic mass is 9.86. The van der Waals surface area contributed by atoms with Crippen LogP contribution in [0.4, 0.5) is 0 Å². The summed E-state index contributed by atoms with van der Waals surface area (Å²) in [6.07, 6.45) is 13.8. The molecule has 0 N–H and O–H groups in total. The van der Waals surface area contributed by atoms with Gasteiger partial charge >= 0.3 is 0 Å². The van der Waals surface area contributed by atoms with Crippen LogP contribution in [0.25, 0.3) is 0 Å². The number of unbranched alkanes of at least 4 members (excludes halogenated alkanes) is 1. The molecule has 0 heterocycles. The SMILES string of the molecule is CCCC[C]1[CH][CH][CH][CH]C1. The molecule has 0 spiro atoms. The first-order valence-corrected chi connectivity index (χ1v) is 4.11. The monoisotopic (exact) mass is 135 g/mol. The highest BCUT2D eigenvalue weighted by Crippen LogP contribution is 2.26. The molecule has 0 bridgehead atoms. The van der Waals surface area contributed by atoms with Gasteiger partial charge in [-0.25, -0.2) is 0 Å². The maximum absolute atomic E-state index is 2.25. The molecule has 55 valence electrons. The van der Waals surface area contributed by atoms with E-state index in [9.17, 15) is 0 Å². The molecule has 10 heavy (non-hydrogen) atoms. The smallest absolute Gasteiger partial charge is 0.0201 e. The Balaban J connectivity index is 2.02. The first-order chi connectivity index (χ1) is 4.93. The van der Waals surface area contributed by atoms with Crippen molar-refractivity contribution < 1.29 is 0 Å². The maximum atomic E-state index is 2.25. The Kier molecular flexibility index (Phi) is 3.86. The van der Waals surface area contributed by atoms with Crippen molar-refractivity contribution in [3.05, 3.63) is 31.6 Å². The molecule has 1 aliphatic carbocycles. The Labute approximate surface area is 65.0 Å². The highest BCUT2D eigenvalue weighted by atomic mass is 14.2. The number of rotatable bonds is 3. The second-order valence-corrected chi connectivity index (χ2v) is 2.75. The molecule has 0 amide bonds. The second kappa shape index (κ2) is 4.76. The molecule has 1 fully saturated rings. The molecule has 0 unspecified atom stereocenters. The summed E-state index contributed by atoms with van der Waals surface area (Å²) in [7, 11) is 0. The zero-order valence-corrected chi connectivity index (χ0v) is 6.64. The third-order valence-electron chi connectivity index (χ3n) is 1.81. The van der Waals surface area contributed by atoms with E-state index in [4.69, 9.17) is 0 Å². The van der Waals surface area contributed by atoms with E-state index in [2.05, 4.69) is 32.6 Å². The molecule has 0 aromatic carbocycles. The van der Waals surface area contributed by atoms with E-state index in [1.54, 1.807) is 5.92 Å². The molecular formula is C10H15. The van der Waals surface area contributed by atoms with Crippen molar-refractivity contribution in [2.75, 3.05) is 0 Å². The molecule has 1 saturated carbocycles. The van der Waals surface area contributed by atoms with E-state index < -0.39 is 0 Å². The molecule has 0 saturated heterocycles. The van der Waals surface area contributed by atoms with Crippen molar-refractivity contribution in [1.82, 2.24) is 0 Å². The quantitative estimate of drug-likeness (QED) is 0.558. The van der Waals surface area contributed by atoms with E-state index in [1.165, 1.54) is 25.7 Å². The van der Waals surface area contributed by atoms with E-state index in [1.807, 2.05) is 0 Å². The highest BCUT2D eigenvalue weighted by molar-refractivity contribution is 5.24. The highest BCUT2D eigenvalue weighted by Gasteiger charge is 2.13. The van der Waals surface area contributed by atoms with Crippen LogP contribution in [-0.2, 0) is 0 Å². The van der Waals surface area contributed by atoms with Crippen LogP contribution < -0.4 is 0 Å². The predicted molar refractivity (Wildman–Crippen MR) is 44.6 cm³/mol. The van der Waals surface area contributed by atoms with Crippen molar-refractivity contribution in [2.24, 2.45) is 0 Å². The van der Waals surface area contributed by atoms with Gasteiger partial charge in [-0.1, -0.05) is 19.8 Å². The fourth-order valence-electron chi connectivity index (χ4n) is 1.15. The lowest BCUT2D eigenvalue weighted by molar-refractivity contribution is 0.700. The summed E-state index contributed by atoms with van der Waals surface area (Å²) in [5.41, 5.74) is 0. The van der Waals surface area contributed by atoms with Crippen molar-refractivity contribution in [3.63, 3.8) is 0 Å². The normalized spacial score (nSPS) is 21.3. The Morgan fingerprint density at radius 1 is 1.40 bits per heavy atom. The van der Waals surface area contributed by atoms with Crippen molar-refractivity contribution in [2.45, 2.75) is 32.6 Å². The van der Waals surface area contributed by atoms with Gasteiger partial charge in [0, 0.05) is 0 Å². The summed E-state index contributed by atoms with van der Waals surface area (Å²) in [6, 6.07) is 0. The van der Waals surface area contributed by atoms with Gasteiger partial charge in [0.25, 0.3) is 0 Å². The predicted octanol–water partition coefficient (Wildman–Crippen LogP) is 2.97. The summed E-state index contributed by atoms with van der Waals surface area (Å²) < 4.78 is 0. The van der Waals surface area contributed by atoms with Crippen molar-refractivity contribution in [3.8, 4) is 0 Å². The van der Waals surface area contributed by atoms with E-state index >= 15 is 0 Å². The first-order valence-electron chi connectivity index (χ1n) is 4.11. The van der Waals surface area contributed by atoms with Crippen LogP contribution in [0.3, 0.4) is 0 Å². The van der Waals surface area contributed by atoms with Crippen LogP contribution >= 0.6 is 0 Å². The molecule has 5 radical (unpaired) electrons. The minimum atomic E-state index is 1.18. The molecule has 0 atom stereocenters. The molecule has 0 heteroatoms. The maximum Gasteiger partial charge on any atom is -0.0201 e. The molecule has 0 aromatic rings. The van der Waals surface area contributed by atoms with Crippen LogP contribution in [0.5, 0.6) is 0 Å². The van der Waals surface area contributed by atoms with Crippen LogP contribution in [0.15, 0.2) is 0 Å². The van der Waals surface area contributed by atoms with E-state index in [0.29, 0.717) is 0 Å². The third-order valence-corrected chi connectivity index (χ3v) is 1.81. The fourth-order valence-corrected chi connectivity index (χ4v) is 1.15. The van der Waals surface area contributed by atoms with Crippen molar-refractivity contribution in [1.29, 1.82) is 0 Å². The summed E-state index contributed by atoms with van der Waals surface area (Å²) in [5.74, 6) is 1.59. The van der Waals surface area contributed by atoms with E-state index in [-0.39, 0.29) is 0 Å². The van der Waals surface area contributed by atoms with Gasteiger partial charge in [-0.2, -0.15) is 0 Å². The molecule has 1 aliphatic rings. The van der Waals surface area contributed by atoms with Crippen LogP contribution in [0.2, 0.25) is 0 Å². The lowest BCUT2D eigenvalue weighted by Crippen LogP contribution is -2.05. The Hall–Kier alpha value is 0. The minimum absolute atomic E-state index is 1.18. The van der Waals surface area contributed by atoms with Gasteiger partial charge in [0.15, 0.2) is 0 Å². The topological polar surface area (TPSA) is 0 Å². The van der Waals surface area contributed by atoms with Gasteiger partial charge in [-0.15, -0.1) is 0 Å². The molecule has 0 aliphatic heterocycles. The number of hydrogen-bond acceptors (Lipinski definition) is 0. The van der Waals surface area contributed by atoms with Gasteiger partial charge < -0.3 is 0 Å². The zero-order valence-electron chi connectivity index (χ0n) is 6.64. The molecule has 0 nitrogen and oxygen atoms in total. The molecular weight excluding hydrogens is 120 g/mol. The van der Waals surface area contributed by atoms with E-state index in [0.717, 1.165) is 0 Å². The summed E-state index contributed by atoms with van der Waals surface area (Å²) in [6.45, 7) is 2.24. The van der Waals surface area contributed by atoms with Gasteiger partial charge in [-0.05, 0) is 44.4 Å². The van der Waals surface area contributed by atoms with Gasteiger partial charge in [0.2, 0.25) is 0 Å².